The number of imidazole rings is 1. The molecule has 1 amide bonds. The molecule has 1 aliphatic rings. The van der Waals surface area contributed by atoms with E-state index in [2.05, 4.69) is 15.0 Å². The van der Waals surface area contributed by atoms with Crippen molar-refractivity contribution >= 4 is 5.91 Å². The van der Waals surface area contributed by atoms with Gasteiger partial charge in [-0.1, -0.05) is 12.1 Å². The average molecular weight is 348 g/mol. The monoisotopic (exact) mass is 348 g/mol. The quantitative estimate of drug-likeness (QED) is 0.790. The fourth-order valence-corrected chi connectivity index (χ4v) is 3.37. The Balaban J connectivity index is 1.67. The van der Waals surface area contributed by atoms with Gasteiger partial charge >= 0.3 is 0 Å². The lowest BCUT2D eigenvalue weighted by Gasteiger charge is -2.32. The first-order valence-electron chi connectivity index (χ1n) is 8.53. The molecule has 4 rings (SSSR count). The molecule has 1 aliphatic heterocycles. The summed E-state index contributed by atoms with van der Waals surface area (Å²) in [6, 6.07) is 11.6. The molecule has 132 valence electrons. The fourth-order valence-electron chi connectivity index (χ4n) is 3.37. The van der Waals surface area contributed by atoms with Crippen molar-refractivity contribution in [3.05, 3.63) is 77.1 Å². The van der Waals surface area contributed by atoms with Gasteiger partial charge in [0, 0.05) is 24.4 Å². The van der Waals surface area contributed by atoms with Gasteiger partial charge in [0.25, 0.3) is 5.91 Å². The van der Waals surface area contributed by atoms with E-state index in [0.29, 0.717) is 18.7 Å². The number of carbonyl (C=O) groups excluding carboxylic acids is 1. The van der Waals surface area contributed by atoms with E-state index in [1.54, 1.807) is 19.6 Å². The average Bonchev–Trinajstić information content (AvgIpc) is 3.16. The van der Waals surface area contributed by atoms with Crippen molar-refractivity contribution in [1.82, 2.24) is 19.9 Å². The molecule has 0 spiro atoms. The van der Waals surface area contributed by atoms with Gasteiger partial charge in [0.05, 0.1) is 36.9 Å². The molecule has 0 saturated heterocycles. The molecule has 0 fully saturated rings. The van der Waals surface area contributed by atoms with Crippen LogP contribution >= 0.6 is 0 Å². The molecule has 0 bridgehead atoms. The lowest BCUT2D eigenvalue weighted by molar-refractivity contribution is 0.0721. The topological polar surface area (TPSA) is 71.1 Å². The van der Waals surface area contributed by atoms with Crippen LogP contribution in [0.3, 0.4) is 0 Å². The molecule has 3 aromatic rings. The Kier molecular flexibility index (Phi) is 4.16. The summed E-state index contributed by atoms with van der Waals surface area (Å²) >= 11 is 0. The number of methoxy groups -OCH3 is 1. The van der Waals surface area contributed by atoms with Crippen LogP contribution in [0.2, 0.25) is 0 Å². The number of pyridine rings is 1. The number of H-pyrrole nitrogens is 1. The summed E-state index contributed by atoms with van der Waals surface area (Å²) in [6.07, 6.45) is 3.33. The zero-order valence-electron chi connectivity index (χ0n) is 14.8. The van der Waals surface area contributed by atoms with Gasteiger partial charge in [-0.05, 0) is 36.8 Å². The van der Waals surface area contributed by atoms with Crippen LogP contribution in [0.1, 0.15) is 38.9 Å². The highest BCUT2D eigenvalue weighted by molar-refractivity contribution is 5.94. The number of hydrogen-bond acceptors (Lipinski definition) is 4. The molecule has 1 N–H and O–H groups in total. The molecule has 3 heterocycles. The predicted octanol–water partition coefficient (Wildman–Crippen LogP) is 2.91. The van der Waals surface area contributed by atoms with Crippen molar-refractivity contribution in [2.24, 2.45) is 0 Å². The smallest absolute Gasteiger partial charge is 0.255 e. The van der Waals surface area contributed by atoms with E-state index in [1.807, 2.05) is 48.2 Å². The lowest BCUT2D eigenvalue weighted by atomic mass is 9.90. The van der Waals surface area contributed by atoms with Crippen molar-refractivity contribution in [2.45, 2.75) is 19.4 Å². The van der Waals surface area contributed by atoms with Crippen LogP contribution in [0.25, 0.3) is 0 Å². The van der Waals surface area contributed by atoms with Crippen LogP contribution in [0.5, 0.6) is 5.75 Å². The van der Waals surface area contributed by atoms with E-state index in [1.165, 1.54) is 0 Å². The number of benzene rings is 1. The third-order valence-electron chi connectivity index (χ3n) is 4.78. The predicted molar refractivity (Wildman–Crippen MR) is 97.1 cm³/mol. The van der Waals surface area contributed by atoms with Crippen molar-refractivity contribution in [1.29, 1.82) is 0 Å². The maximum absolute atomic E-state index is 13.0. The van der Waals surface area contributed by atoms with Gasteiger partial charge in [0.1, 0.15) is 5.75 Å². The van der Waals surface area contributed by atoms with Gasteiger partial charge in [-0.3, -0.25) is 9.78 Å². The number of rotatable bonds is 3. The number of aromatic amines is 1. The van der Waals surface area contributed by atoms with Crippen molar-refractivity contribution in [2.75, 3.05) is 13.7 Å². The first kappa shape index (κ1) is 16.3. The number of carbonyl (C=O) groups is 1. The van der Waals surface area contributed by atoms with Crippen LogP contribution in [-0.2, 0) is 6.54 Å². The van der Waals surface area contributed by atoms with E-state index >= 15 is 0 Å². The van der Waals surface area contributed by atoms with Crippen LogP contribution in [0.15, 0.2) is 48.9 Å². The number of aromatic nitrogens is 3. The van der Waals surface area contributed by atoms with E-state index < -0.39 is 0 Å². The third-order valence-corrected chi connectivity index (χ3v) is 4.78. The Morgan fingerprint density at radius 2 is 2.15 bits per heavy atom. The molecule has 0 aliphatic carbocycles. The molecule has 2 aromatic heterocycles. The SMILES string of the molecule is COc1cccc(C2CN(C(=O)c3ccc(C)nc3)Cc3[nH]cnc32)c1. The highest BCUT2D eigenvalue weighted by Crippen LogP contribution is 2.33. The largest absolute Gasteiger partial charge is 0.497 e. The Labute approximate surface area is 151 Å². The van der Waals surface area contributed by atoms with Crippen LogP contribution in [0, 0.1) is 6.92 Å². The highest BCUT2D eigenvalue weighted by atomic mass is 16.5. The number of nitrogens with one attached hydrogen (secondary N) is 1. The van der Waals surface area contributed by atoms with Gasteiger partial charge in [0.2, 0.25) is 0 Å². The molecule has 6 nitrogen and oxygen atoms in total. The summed E-state index contributed by atoms with van der Waals surface area (Å²) < 4.78 is 5.35. The molecule has 26 heavy (non-hydrogen) atoms. The molecular weight excluding hydrogens is 328 g/mol. The first-order chi connectivity index (χ1) is 12.7. The van der Waals surface area contributed by atoms with Gasteiger partial charge in [-0.25, -0.2) is 4.98 Å². The summed E-state index contributed by atoms with van der Waals surface area (Å²) in [5, 5.41) is 0. The van der Waals surface area contributed by atoms with Crippen molar-refractivity contribution in [3.63, 3.8) is 0 Å². The summed E-state index contributed by atoms with van der Waals surface area (Å²) in [5.41, 5.74) is 4.53. The van der Waals surface area contributed by atoms with Gasteiger partial charge in [-0.15, -0.1) is 0 Å². The van der Waals surface area contributed by atoms with Crippen LogP contribution in [0.4, 0.5) is 0 Å². The minimum atomic E-state index is -0.0225. The van der Waals surface area contributed by atoms with Gasteiger partial charge in [0.15, 0.2) is 0 Å². The maximum Gasteiger partial charge on any atom is 0.255 e. The summed E-state index contributed by atoms with van der Waals surface area (Å²) in [6.45, 7) is 2.99. The molecular formula is C20H20N4O2. The lowest BCUT2D eigenvalue weighted by Crippen LogP contribution is -2.38. The molecule has 0 saturated carbocycles. The minimum absolute atomic E-state index is 0.00228. The Morgan fingerprint density at radius 1 is 1.27 bits per heavy atom. The molecule has 1 atom stereocenters. The van der Waals surface area contributed by atoms with Crippen LogP contribution < -0.4 is 4.74 Å². The zero-order valence-corrected chi connectivity index (χ0v) is 14.8. The second-order valence-corrected chi connectivity index (χ2v) is 6.47. The minimum Gasteiger partial charge on any atom is -0.497 e. The van der Waals surface area contributed by atoms with E-state index in [4.69, 9.17) is 4.74 Å². The second-order valence-electron chi connectivity index (χ2n) is 6.47. The van der Waals surface area contributed by atoms with E-state index in [-0.39, 0.29) is 11.8 Å². The van der Waals surface area contributed by atoms with Crippen molar-refractivity contribution in [3.8, 4) is 5.75 Å². The Bertz CT molecular complexity index is 933. The first-order valence-corrected chi connectivity index (χ1v) is 8.53. The molecule has 0 radical (unpaired) electrons. The summed E-state index contributed by atoms with van der Waals surface area (Å²) in [5.74, 6) is 0.777. The number of fused-ring (bicyclic) bond motifs is 1. The summed E-state index contributed by atoms with van der Waals surface area (Å²) in [7, 11) is 1.65. The maximum atomic E-state index is 13.0. The number of nitrogens with zero attached hydrogens (tertiary/aromatic N) is 3. The number of amides is 1. The molecule has 1 aromatic carbocycles. The number of aryl methyl sites for hydroxylation is 1. The van der Waals surface area contributed by atoms with Crippen molar-refractivity contribution < 1.29 is 9.53 Å². The molecule has 6 heteroatoms. The summed E-state index contributed by atoms with van der Waals surface area (Å²) in [4.78, 5) is 26.7. The fraction of sp³-hybridized carbons (Fsp3) is 0.250. The standard InChI is InChI=1S/C20H20N4O2/c1-13-6-7-15(9-21-13)20(25)24-10-17(19-18(11-24)22-12-23-19)14-4-3-5-16(8-14)26-2/h3-9,12,17H,10-11H2,1-2H3,(H,22,23). The highest BCUT2D eigenvalue weighted by Gasteiger charge is 2.32. The Hall–Kier alpha value is -3.15. The number of hydrogen-bond donors (Lipinski definition) is 1. The normalized spacial score (nSPS) is 16.2. The second kappa shape index (κ2) is 6.63. The third kappa shape index (κ3) is 2.94. The Morgan fingerprint density at radius 3 is 2.92 bits per heavy atom. The zero-order chi connectivity index (χ0) is 18.1. The van der Waals surface area contributed by atoms with Gasteiger partial charge in [-0.2, -0.15) is 0 Å². The van der Waals surface area contributed by atoms with E-state index in [0.717, 1.165) is 28.4 Å². The van der Waals surface area contributed by atoms with E-state index in [9.17, 15) is 4.79 Å². The van der Waals surface area contributed by atoms with Gasteiger partial charge < -0.3 is 14.6 Å². The number of ether oxygens (including phenoxy) is 1. The van der Waals surface area contributed by atoms with Crippen LogP contribution in [-0.4, -0.2) is 39.4 Å². The molecule has 1 unspecified atom stereocenters.